The van der Waals surface area contributed by atoms with Crippen LogP contribution in [0.25, 0.3) is 0 Å². The van der Waals surface area contributed by atoms with Crippen LogP contribution in [0, 0.1) is 5.92 Å². The third kappa shape index (κ3) is 1.74. The quantitative estimate of drug-likeness (QED) is 0.713. The Morgan fingerprint density at radius 2 is 2.20 bits per heavy atom. The van der Waals surface area contributed by atoms with Crippen LogP contribution in [0.4, 0.5) is 4.39 Å². The second-order valence-electron chi connectivity index (χ2n) is 3.74. The Hall–Kier alpha value is -1.38. The van der Waals surface area contributed by atoms with E-state index in [2.05, 4.69) is 0 Å². The Balaban J connectivity index is 2.10. The summed E-state index contributed by atoms with van der Waals surface area (Å²) in [5.41, 5.74) is -0.920. The van der Waals surface area contributed by atoms with Gasteiger partial charge in [-0.05, 0) is 12.5 Å². The first-order chi connectivity index (χ1) is 7.18. The Bertz CT molecular complexity index is 363. The van der Waals surface area contributed by atoms with Crippen LogP contribution in [-0.2, 0) is 15.2 Å². The highest BCUT2D eigenvalue weighted by molar-refractivity contribution is 5.78. The standard InChI is InChI=1S/C12H13FO2/c1-2-15-11(14)10-8-12(10,13)9-6-4-3-5-7-9/h3-7,10H,2,8H2,1H3/t10-,12-/m1/s1. The normalized spacial score (nSPS) is 28.5. The van der Waals surface area contributed by atoms with Crippen molar-refractivity contribution in [1.82, 2.24) is 0 Å². The molecule has 0 unspecified atom stereocenters. The molecule has 0 N–H and O–H groups in total. The Kier molecular flexibility index (Phi) is 2.47. The molecule has 0 saturated heterocycles. The van der Waals surface area contributed by atoms with Crippen molar-refractivity contribution in [3.8, 4) is 0 Å². The monoisotopic (exact) mass is 208 g/mol. The first kappa shape index (κ1) is 10.1. The van der Waals surface area contributed by atoms with E-state index in [9.17, 15) is 9.18 Å². The molecule has 80 valence electrons. The zero-order valence-corrected chi connectivity index (χ0v) is 8.57. The smallest absolute Gasteiger partial charge is 0.312 e. The van der Waals surface area contributed by atoms with E-state index in [-0.39, 0.29) is 6.42 Å². The lowest BCUT2D eigenvalue weighted by atomic mass is 10.1. The Morgan fingerprint density at radius 1 is 1.53 bits per heavy atom. The van der Waals surface area contributed by atoms with Crippen LogP contribution in [0.5, 0.6) is 0 Å². The van der Waals surface area contributed by atoms with Gasteiger partial charge >= 0.3 is 5.97 Å². The van der Waals surface area contributed by atoms with E-state index < -0.39 is 17.6 Å². The number of hydrogen-bond acceptors (Lipinski definition) is 2. The summed E-state index contributed by atoms with van der Waals surface area (Å²) in [5.74, 6) is -1.04. The number of ether oxygens (including phenoxy) is 1. The number of alkyl halides is 1. The van der Waals surface area contributed by atoms with Gasteiger partial charge in [0.15, 0.2) is 0 Å². The van der Waals surface area contributed by atoms with Crippen molar-refractivity contribution in [2.45, 2.75) is 19.0 Å². The van der Waals surface area contributed by atoms with Gasteiger partial charge in [-0.1, -0.05) is 30.3 Å². The zero-order valence-electron chi connectivity index (χ0n) is 8.57. The van der Waals surface area contributed by atoms with Crippen LogP contribution in [-0.4, -0.2) is 12.6 Å². The number of carbonyl (C=O) groups is 1. The summed E-state index contributed by atoms with van der Waals surface area (Å²) in [6.07, 6.45) is 0.246. The van der Waals surface area contributed by atoms with Crippen molar-refractivity contribution < 1.29 is 13.9 Å². The fourth-order valence-electron chi connectivity index (χ4n) is 1.79. The molecule has 3 heteroatoms. The predicted octanol–water partition coefficient (Wildman–Crippen LogP) is 2.43. The molecular weight excluding hydrogens is 195 g/mol. The molecule has 1 aliphatic carbocycles. The van der Waals surface area contributed by atoms with Gasteiger partial charge in [-0.25, -0.2) is 4.39 Å². The fourth-order valence-corrected chi connectivity index (χ4v) is 1.79. The highest BCUT2D eigenvalue weighted by Crippen LogP contribution is 2.56. The van der Waals surface area contributed by atoms with Gasteiger partial charge in [-0.15, -0.1) is 0 Å². The largest absolute Gasteiger partial charge is 0.466 e. The molecule has 0 aliphatic heterocycles. The van der Waals surface area contributed by atoms with Gasteiger partial charge in [0.25, 0.3) is 0 Å². The number of hydrogen-bond donors (Lipinski definition) is 0. The summed E-state index contributed by atoms with van der Waals surface area (Å²) in [7, 11) is 0. The molecule has 0 radical (unpaired) electrons. The van der Waals surface area contributed by atoms with Crippen molar-refractivity contribution in [2.75, 3.05) is 6.61 Å². The first-order valence-corrected chi connectivity index (χ1v) is 5.09. The van der Waals surface area contributed by atoms with E-state index in [0.29, 0.717) is 12.2 Å². The number of esters is 1. The van der Waals surface area contributed by atoms with Crippen molar-refractivity contribution in [3.63, 3.8) is 0 Å². The number of carbonyl (C=O) groups excluding carboxylic acids is 1. The maximum atomic E-state index is 14.2. The van der Waals surface area contributed by atoms with Crippen molar-refractivity contribution in [3.05, 3.63) is 35.9 Å². The van der Waals surface area contributed by atoms with Crippen LogP contribution < -0.4 is 0 Å². The van der Waals surface area contributed by atoms with Gasteiger partial charge in [-0.3, -0.25) is 4.79 Å². The van der Waals surface area contributed by atoms with E-state index in [4.69, 9.17) is 4.74 Å². The van der Waals surface area contributed by atoms with Crippen LogP contribution in [0.15, 0.2) is 30.3 Å². The highest BCUT2D eigenvalue weighted by Gasteiger charge is 2.61. The van der Waals surface area contributed by atoms with Crippen LogP contribution in [0.3, 0.4) is 0 Å². The number of rotatable bonds is 3. The van der Waals surface area contributed by atoms with E-state index in [1.807, 2.05) is 6.07 Å². The predicted molar refractivity (Wildman–Crippen MR) is 54.0 cm³/mol. The second kappa shape index (κ2) is 3.65. The molecule has 1 aromatic rings. The summed E-state index contributed by atoms with van der Waals surface area (Å²) in [6, 6.07) is 8.79. The molecule has 1 saturated carbocycles. The van der Waals surface area contributed by atoms with E-state index >= 15 is 0 Å². The molecule has 2 nitrogen and oxygen atoms in total. The lowest BCUT2D eigenvalue weighted by molar-refractivity contribution is -0.145. The van der Waals surface area contributed by atoms with Crippen molar-refractivity contribution >= 4 is 5.97 Å². The first-order valence-electron chi connectivity index (χ1n) is 5.09. The van der Waals surface area contributed by atoms with Gasteiger partial charge in [0, 0.05) is 6.42 Å². The summed E-state index contributed by atoms with van der Waals surface area (Å²) >= 11 is 0. The average Bonchev–Trinajstić information content (AvgIpc) is 2.94. The van der Waals surface area contributed by atoms with Crippen LogP contribution in [0.2, 0.25) is 0 Å². The second-order valence-corrected chi connectivity index (χ2v) is 3.74. The average molecular weight is 208 g/mol. The molecule has 15 heavy (non-hydrogen) atoms. The molecule has 2 rings (SSSR count). The van der Waals surface area contributed by atoms with Crippen LogP contribution >= 0.6 is 0 Å². The molecule has 0 bridgehead atoms. The molecule has 0 amide bonds. The molecule has 0 spiro atoms. The summed E-state index contributed by atoms with van der Waals surface area (Å²) in [4.78, 5) is 11.3. The highest BCUT2D eigenvalue weighted by atomic mass is 19.1. The third-order valence-electron chi connectivity index (χ3n) is 2.72. The maximum Gasteiger partial charge on any atom is 0.312 e. The fraction of sp³-hybridized carbons (Fsp3) is 0.417. The van der Waals surface area contributed by atoms with Gasteiger partial charge < -0.3 is 4.74 Å². The maximum absolute atomic E-state index is 14.2. The topological polar surface area (TPSA) is 26.3 Å². The zero-order chi connectivity index (χ0) is 10.9. The Labute approximate surface area is 88.1 Å². The molecular formula is C12H13FO2. The van der Waals surface area contributed by atoms with Crippen LogP contribution in [0.1, 0.15) is 18.9 Å². The summed E-state index contributed by atoms with van der Waals surface area (Å²) in [6.45, 7) is 2.03. The lowest BCUT2D eigenvalue weighted by Gasteiger charge is -2.07. The minimum Gasteiger partial charge on any atom is -0.466 e. The van der Waals surface area contributed by atoms with E-state index in [0.717, 1.165) is 0 Å². The molecule has 0 aromatic heterocycles. The number of halogens is 1. The van der Waals surface area contributed by atoms with Gasteiger partial charge in [0.1, 0.15) is 5.67 Å². The van der Waals surface area contributed by atoms with Gasteiger partial charge in [0.2, 0.25) is 0 Å². The van der Waals surface area contributed by atoms with Gasteiger partial charge in [-0.2, -0.15) is 0 Å². The molecule has 1 aromatic carbocycles. The van der Waals surface area contributed by atoms with Crippen molar-refractivity contribution in [2.24, 2.45) is 5.92 Å². The van der Waals surface area contributed by atoms with Gasteiger partial charge in [0.05, 0.1) is 12.5 Å². The van der Waals surface area contributed by atoms with Crippen molar-refractivity contribution in [1.29, 1.82) is 0 Å². The summed E-state index contributed by atoms with van der Waals surface area (Å²) < 4.78 is 19.0. The molecule has 2 atom stereocenters. The SMILES string of the molecule is CCOC(=O)[C@H]1C[C@@]1(F)c1ccccc1. The minimum absolute atomic E-state index is 0.246. The molecule has 0 heterocycles. The van der Waals surface area contributed by atoms with E-state index in [1.54, 1.807) is 31.2 Å². The Morgan fingerprint density at radius 3 is 2.80 bits per heavy atom. The third-order valence-corrected chi connectivity index (χ3v) is 2.72. The summed E-state index contributed by atoms with van der Waals surface area (Å²) in [5, 5.41) is 0. The lowest BCUT2D eigenvalue weighted by Crippen LogP contribution is -2.13. The minimum atomic E-state index is -1.49. The van der Waals surface area contributed by atoms with E-state index in [1.165, 1.54) is 0 Å². The molecule has 1 fully saturated rings. The number of benzene rings is 1. The molecule has 1 aliphatic rings.